The van der Waals surface area contributed by atoms with Crippen molar-refractivity contribution in [3.8, 4) is 0 Å². The molecule has 2 aromatic carbocycles. The van der Waals surface area contributed by atoms with Crippen LogP contribution in [0, 0.1) is 0 Å². The zero-order valence-corrected chi connectivity index (χ0v) is 13.2. The van der Waals surface area contributed by atoms with Crippen molar-refractivity contribution in [3.05, 3.63) is 59.2 Å². The number of carbonyl (C=O) groups is 2. The van der Waals surface area contributed by atoms with Crippen molar-refractivity contribution in [1.29, 1.82) is 0 Å². The predicted octanol–water partition coefficient (Wildman–Crippen LogP) is 2.80. The second-order valence-corrected chi connectivity index (χ2v) is 6.14. The summed E-state index contributed by atoms with van der Waals surface area (Å²) in [6, 6.07) is 10.5. The predicted molar refractivity (Wildman–Crippen MR) is 94.8 cm³/mol. The van der Waals surface area contributed by atoms with E-state index in [4.69, 9.17) is 5.73 Å². The van der Waals surface area contributed by atoms with Gasteiger partial charge in [0.2, 0.25) is 5.91 Å². The Kier molecular flexibility index (Phi) is 3.28. The molecule has 0 bridgehead atoms. The molecule has 4 N–H and O–H groups in total. The number of anilines is 2. The summed E-state index contributed by atoms with van der Waals surface area (Å²) in [5.41, 5.74) is 11.2. The third-order valence-corrected chi connectivity index (χ3v) is 4.67. The molecule has 24 heavy (non-hydrogen) atoms. The lowest BCUT2D eigenvalue weighted by atomic mass is 10.1. The first kappa shape index (κ1) is 14.4. The van der Waals surface area contributed by atoms with E-state index in [0.29, 0.717) is 11.1 Å². The van der Waals surface area contributed by atoms with Crippen LogP contribution in [0.1, 0.15) is 15.9 Å². The van der Waals surface area contributed by atoms with Crippen LogP contribution < -0.4 is 16.4 Å². The minimum atomic E-state index is -0.475. The molecule has 6 nitrogen and oxygen atoms in total. The third kappa shape index (κ3) is 2.31. The average molecular weight is 336 g/mol. The van der Waals surface area contributed by atoms with Gasteiger partial charge >= 0.3 is 0 Å². The van der Waals surface area contributed by atoms with Gasteiger partial charge in [-0.2, -0.15) is 0 Å². The van der Waals surface area contributed by atoms with Crippen LogP contribution in [0.2, 0.25) is 0 Å². The molecule has 0 saturated carbocycles. The Labute approximate surface area is 141 Å². The number of rotatable bonds is 3. The van der Waals surface area contributed by atoms with Crippen LogP contribution in [-0.2, 0) is 4.79 Å². The van der Waals surface area contributed by atoms with Gasteiger partial charge in [0, 0.05) is 23.0 Å². The maximum atomic E-state index is 12.3. The lowest BCUT2D eigenvalue weighted by Crippen LogP contribution is -2.10. The van der Waals surface area contributed by atoms with Gasteiger partial charge in [0.25, 0.3) is 5.91 Å². The Hall–Kier alpha value is -3.19. The molecule has 0 radical (unpaired) electrons. The summed E-state index contributed by atoms with van der Waals surface area (Å²) in [6.45, 7) is 0. The number of amides is 2. The van der Waals surface area contributed by atoms with Crippen LogP contribution in [0.25, 0.3) is 15.8 Å². The summed E-state index contributed by atoms with van der Waals surface area (Å²) in [6.07, 6.45) is 1.67. The van der Waals surface area contributed by atoms with E-state index in [1.165, 1.54) is 11.3 Å². The fourth-order valence-corrected chi connectivity index (χ4v) is 3.48. The van der Waals surface area contributed by atoms with Crippen molar-refractivity contribution in [2.24, 2.45) is 5.73 Å². The van der Waals surface area contributed by atoms with E-state index in [1.54, 1.807) is 36.0 Å². The second kappa shape index (κ2) is 5.47. The summed E-state index contributed by atoms with van der Waals surface area (Å²) in [5.74, 6) is -0.635. The van der Waals surface area contributed by atoms with Gasteiger partial charge in [-0.05, 0) is 36.4 Å². The van der Waals surface area contributed by atoms with Gasteiger partial charge < -0.3 is 16.4 Å². The summed E-state index contributed by atoms with van der Waals surface area (Å²) in [7, 11) is 0. The maximum absolute atomic E-state index is 12.3. The Morgan fingerprint density at radius 1 is 1.21 bits per heavy atom. The number of carbonyl (C=O) groups excluding carboxylic acids is 2. The molecular weight excluding hydrogens is 324 g/mol. The Morgan fingerprint density at radius 2 is 2.00 bits per heavy atom. The first-order valence-electron chi connectivity index (χ1n) is 7.18. The topological polar surface area (TPSA) is 97.1 Å². The van der Waals surface area contributed by atoms with Crippen molar-refractivity contribution in [2.75, 3.05) is 10.6 Å². The zero-order chi connectivity index (χ0) is 16.7. The highest BCUT2D eigenvalue weighted by molar-refractivity contribution is 7.17. The van der Waals surface area contributed by atoms with Crippen LogP contribution >= 0.6 is 11.3 Å². The standard InChI is InChI=1S/C17H12N4O2S/c18-16(22)9-1-3-10(4-2-9)19-7-11-14-12(21-17(11)23)5-6-13-15(14)24-8-20-13/h1-8,19H,(H2,18,22)(H,21,23)/b11-7-. The Morgan fingerprint density at radius 3 is 2.75 bits per heavy atom. The summed E-state index contributed by atoms with van der Waals surface area (Å²) < 4.78 is 0.975. The molecule has 0 saturated heterocycles. The van der Waals surface area contributed by atoms with Crippen molar-refractivity contribution < 1.29 is 9.59 Å². The zero-order valence-electron chi connectivity index (χ0n) is 12.4. The number of nitrogens with two attached hydrogens (primary N) is 1. The summed E-state index contributed by atoms with van der Waals surface area (Å²) in [5, 5.41) is 5.95. The molecule has 1 aliphatic heterocycles. The molecule has 0 fully saturated rings. The molecule has 3 aromatic rings. The SMILES string of the molecule is NC(=O)c1ccc(N/C=C2\C(=O)Nc3ccc4ncsc4c32)cc1. The molecular formula is C17H12N4O2S. The first-order chi connectivity index (χ1) is 11.6. The molecule has 1 aromatic heterocycles. The molecule has 2 heterocycles. The highest BCUT2D eigenvalue weighted by Crippen LogP contribution is 2.39. The van der Waals surface area contributed by atoms with Gasteiger partial charge in [0.15, 0.2) is 0 Å². The Bertz CT molecular complexity index is 1010. The van der Waals surface area contributed by atoms with E-state index in [1.807, 2.05) is 12.1 Å². The number of aromatic nitrogens is 1. The Balaban J connectivity index is 1.69. The minimum absolute atomic E-state index is 0.160. The third-order valence-electron chi connectivity index (χ3n) is 3.81. The fraction of sp³-hybridized carbons (Fsp3) is 0. The monoisotopic (exact) mass is 336 g/mol. The first-order valence-corrected chi connectivity index (χ1v) is 8.06. The van der Waals surface area contributed by atoms with E-state index < -0.39 is 5.91 Å². The lowest BCUT2D eigenvalue weighted by Gasteiger charge is -2.04. The lowest BCUT2D eigenvalue weighted by molar-refractivity contribution is -0.110. The smallest absolute Gasteiger partial charge is 0.257 e. The molecule has 7 heteroatoms. The molecule has 4 rings (SSSR count). The molecule has 0 atom stereocenters. The maximum Gasteiger partial charge on any atom is 0.257 e. The summed E-state index contributed by atoms with van der Waals surface area (Å²) in [4.78, 5) is 27.6. The van der Waals surface area contributed by atoms with Gasteiger partial charge in [-0.15, -0.1) is 11.3 Å². The van der Waals surface area contributed by atoms with E-state index in [9.17, 15) is 9.59 Å². The summed E-state index contributed by atoms with van der Waals surface area (Å²) >= 11 is 1.50. The highest BCUT2D eigenvalue weighted by Gasteiger charge is 2.27. The van der Waals surface area contributed by atoms with Crippen molar-refractivity contribution >= 4 is 50.3 Å². The molecule has 1 aliphatic rings. The highest BCUT2D eigenvalue weighted by atomic mass is 32.1. The van der Waals surface area contributed by atoms with Gasteiger partial charge in [-0.3, -0.25) is 9.59 Å². The van der Waals surface area contributed by atoms with Crippen molar-refractivity contribution in [1.82, 2.24) is 4.98 Å². The number of benzene rings is 2. The number of fused-ring (bicyclic) bond motifs is 3. The number of thiazole rings is 1. The molecule has 0 aliphatic carbocycles. The van der Waals surface area contributed by atoms with Crippen LogP contribution in [0.4, 0.5) is 11.4 Å². The van der Waals surface area contributed by atoms with E-state index in [2.05, 4.69) is 15.6 Å². The number of nitrogens with zero attached hydrogens (tertiary/aromatic N) is 1. The van der Waals surface area contributed by atoms with Gasteiger partial charge in [-0.25, -0.2) is 4.98 Å². The fourth-order valence-electron chi connectivity index (χ4n) is 2.63. The van der Waals surface area contributed by atoms with E-state index in [-0.39, 0.29) is 5.91 Å². The van der Waals surface area contributed by atoms with Gasteiger partial charge in [-0.1, -0.05) is 0 Å². The molecule has 0 unspecified atom stereocenters. The van der Waals surface area contributed by atoms with Crippen LogP contribution in [-0.4, -0.2) is 16.8 Å². The molecule has 0 spiro atoms. The average Bonchev–Trinajstić information content (AvgIpc) is 3.16. The van der Waals surface area contributed by atoms with Crippen LogP contribution in [0.3, 0.4) is 0 Å². The minimum Gasteiger partial charge on any atom is -0.366 e. The van der Waals surface area contributed by atoms with Gasteiger partial charge in [0.1, 0.15) is 0 Å². The largest absolute Gasteiger partial charge is 0.366 e. The quantitative estimate of drug-likeness (QED) is 0.641. The number of hydrogen-bond donors (Lipinski definition) is 3. The normalized spacial score (nSPS) is 14.7. The number of hydrogen-bond acceptors (Lipinski definition) is 5. The van der Waals surface area contributed by atoms with E-state index >= 15 is 0 Å². The molecule has 2 amide bonds. The molecule has 118 valence electrons. The van der Waals surface area contributed by atoms with Crippen molar-refractivity contribution in [2.45, 2.75) is 0 Å². The van der Waals surface area contributed by atoms with Gasteiger partial charge in [0.05, 0.1) is 27.0 Å². The van der Waals surface area contributed by atoms with Crippen molar-refractivity contribution in [3.63, 3.8) is 0 Å². The van der Waals surface area contributed by atoms with Crippen LogP contribution in [0.15, 0.2) is 48.1 Å². The number of primary amides is 1. The number of nitrogens with one attached hydrogen (secondary N) is 2. The second-order valence-electron chi connectivity index (χ2n) is 5.29. The van der Waals surface area contributed by atoms with E-state index in [0.717, 1.165) is 27.2 Å². The van der Waals surface area contributed by atoms with Crippen LogP contribution in [0.5, 0.6) is 0 Å².